The molecule has 0 atom stereocenters. The number of hydrogen-bond donors (Lipinski definition) is 1. The van der Waals surface area contributed by atoms with Crippen molar-refractivity contribution >= 4 is 10.0 Å². The maximum Gasteiger partial charge on any atom is 0.245 e. The van der Waals surface area contributed by atoms with Crippen molar-refractivity contribution in [2.75, 3.05) is 28.4 Å². The number of hydrogen-bond acceptors (Lipinski definition) is 6. The first-order chi connectivity index (χ1) is 12.7. The summed E-state index contributed by atoms with van der Waals surface area (Å²) in [4.78, 5) is 0.0272. The molecule has 2 aromatic rings. The van der Waals surface area contributed by atoms with E-state index in [-0.39, 0.29) is 10.6 Å². The number of nitrogens with one attached hydrogen (secondary N) is 1. The first-order valence-corrected chi connectivity index (χ1v) is 9.65. The second-order valence-corrected chi connectivity index (χ2v) is 7.97. The monoisotopic (exact) mass is 395 g/mol. The van der Waals surface area contributed by atoms with E-state index < -0.39 is 15.6 Å². The summed E-state index contributed by atoms with van der Waals surface area (Å²) in [6.45, 7) is 3.53. The number of benzene rings is 2. The third-order valence-corrected chi connectivity index (χ3v) is 5.85. The number of ether oxygens (including phenoxy) is 4. The van der Waals surface area contributed by atoms with Gasteiger partial charge in [-0.25, -0.2) is 13.1 Å². The van der Waals surface area contributed by atoms with Crippen molar-refractivity contribution in [2.24, 2.45) is 0 Å². The Labute approximate surface area is 160 Å². The van der Waals surface area contributed by atoms with Gasteiger partial charge in [0, 0.05) is 6.07 Å². The van der Waals surface area contributed by atoms with Crippen molar-refractivity contribution in [3.63, 3.8) is 0 Å². The van der Waals surface area contributed by atoms with Crippen LogP contribution in [0.15, 0.2) is 41.3 Å². The summed E-state index contributed by atoms with van der Waals surface area (Å²) in [5.41, 5.74) is -0.195. The maximum atomic E-state index is 13.0. The van der Waals surface area contributed by atoms with Crippen molar-refractivity contribution in [3.8, 4) is 23.0 Å². The predicted molar refractivity (Wildman–Crippen MR) is 102 cm³/mol. The van der Waals surface area contributed by atoms with Gasteiger partial charge in [-0.2, -0.15) is 0 Å². The summed E-state index contributed by atoms with van der Waals surface area (Å²) in [5.74, 6) is 1.79. The van der Waals surface area contributed by atoms with Crippen LogP contribution in [-0.2, 0) is 15.6 Å². The Hall–Kier alpha value is -2.45. The molecule has 27 heavy (non-hydrogen) atoms. The Morgan fingerprint density at radius 2 is 1.41 bits per heavy atom. The molecule has 0 aromatic heterocycles. The largest absolute Gasteiger partial charge is 0.497 e. The molecule has 0 bridgehead atoms. The van der Waals surface area contributed by atoms with Crippen LogP contribution >= 0.6 is 0 Å². The molecule has 2 aromatic carbocycles. The first-order valence-electron chi connectivity index (χ1n) is 8.17. The molecule has 0 fully saturated rings. The highest BCUT2D eigenvalue weighted by atomic mass is 32.2. The fraction of sp³-hybridized carbons (Fsp3) is 0.368. The summed E-state index contributed by atoms with van der Waals surface area (Å²) in [6, 6.07) is 9.81. The Bertz CT molecular complexity index is 908. The minimum absolute atomic E-state index is 0.0272. The van der Waals surface area contributed by atoms with E-state index in [0.29, 0.717) is 17.2 Å². The van der Waals surface area contributed by atoms with Crippen LogP contribution in [0.3, 0.4) is 0 Å². The Kier molecular flexibility index (Phi) is 6.22. The van der Waals surface area contributed by atoms with Crippen LogP contribution in [0.2, 0.25) is 0 Å². The molecule has 8 heteroatoms. The average Bonchev–Trinajstić information content (AvgIpc) is 2.65. The van der Waals surface area contributed by atoms with Gasteiger partial charge in [0.1, 0.15) is 16.4 Å². The SMILES string of the molecule is COc1ccc(S(=O)(=O)NC(C)(C)c2ccc(OC)c(OC)c2)c(OC)c1. The maximum absolute atomic E-state index is 13.0. The summed E-state index contributed by atoms with van der Waals surface area (Å²) >= 11 is 0. The van der Waals surface area contributed by atoms with Gasteiger partial charge in [-0.1, -0.05) is 6.07 Å². The van der Waals surface area contributed by atoms with Crippen molar-refractivity contribution in [1.29, 1.82) is 0 Å². The van der Waals surface area contributed by atoms with Crippen LogP contribution in [0.1, 0.15) is 19.4 Å². The standard InChI is InChI=1S/C19H25NO6S/c1-19(2,13-7-9-15(24-4)16(11-13)25-5)20-27(21,22)18-10-8-14(23-3)12-17(18)26-6/h7-12,20H,1-6H3. The van der Waals surface area contributed by atoms with Crippen molar-refractivity contribution in [3.05, 3.63) is 42.0 Å². The summed E-state index contributed by atoms with van der Waals surface area (Å²) in [5, 5.41) is 0. The molecule has 0 saturated heterocycles. The summed E-state index contributed by atoms with van der Waals surface area (Å²) in [7, 11) is 2.11. The van der Waals surface area contributed by atoms with Crippen molar-refractivity contribution in [2.45, 2.75) is 24.3 Å². The smallest absolute Gasteiger partial charge is 0.245 e. The van der Waals surface area contributed by atoms with E-state index in [9.17, 15) is 8.42 Å². The van der Waals surface area contributed by atoms with Gasteiger partial charge < -0.3 is 18.9 Å². The minimum atomic E-state index is -3.87. The first kappa shape index (κ1) is 20.9. The van der Waals surface area contributed by atoms with Crippen LogP contribution < -0.4 is 23.7 Å². The summed E-state index contributed by atoms with van der Waals surface area (Å²) in [6.07, 6.45) is 0. The lowest BCUT2D eigenvalue weighted by Gasteiger charge is -2.27. The molecule has 0 saturated carbocycles. The zero-order valence-corrected chi connectivity index (χ0v) is 17.1. The topological polar surface area (TPSA) is 83.1 Å². The molecule has 148 valence electrons. The highest BCUT2D eigenvalue weighted by Crippen LogP contribution is 2.34. The van der Waals surface area contributed by atoms with E-state index in [0.717, 1.165) is 5.56 Å². The molecule has 0 radical (unpaired) electrons. The molecule has 0 aliphatic carbocycles. The van der Waals surface area contributed by atoms with Gasteiger partial charge in [0.2, 0.25) is 10.0 Å². The fourth-order valence-corrected chi connectivity index (χ4v) is 4.23. The van der Waals surface area contributed by atoms with Gasteiger partial charge in [-0.3, -0.25) is 0 Å². The zero-order chi connectivity index (χ0) is 20.2. The molecule has 0 heterocycles. The third kappa shape index (κ3) is 4.45. The molecule has 2 rings (SSSR count). The Balaban J connectivity index is 2.42. The van der Waals surface area contributed by atoms with Gasteiger partial charge in [0.25, 0.3) is 0 Å². The van der Waals surface area contributed by atoms with Crippen LogP contribution in [0.4, 0.5) is 0 Å². The molecular weight excluding hydrogens is 370 g/mol. The van der Waals surface area contributed by atoms with E-state index >= 15 is 0 Å². The normalized spacial score (nSPS) is 11.8. The molecule has 0 unspecified atom stereocenters. The molecule has 1 N–H and O–H groups in total. The van der Waals surface area contributed by atoms with E-state index in [1.165, 1.54) is 33.5 Å². The Morgan fingerprint density at radius 3 is 1.96 bits per heavy atom. The minimum Gasteiger partial charge on any atom is -0.497 e. The number of methoxy groups -OCH3 is 4. The lowest BCUT2D eigenvalue weighted by Crippen LogP contribution is -2.41. The van der Waals surface area contributed by atoms with Crippen molar-refractivity contribution < 1.29 is 27.4 Å². The van der Waals surface area contributed by atoms with Crippen LogP contribution in [0.5, 0.6) is 23.0 Å². The van der Waals surface area contributed by atoms with Crippen molar-refractivity contribution in [1.82, 2.24) is 4.72 Å². The number of sulfonamides is 1. The van der Waals surface area contributed by atoms with E-state index in [4.69, 9.17) is 18.9 Å². The lowest BCUT2D eigenvalue weighted by molar-refractivity contribution is 0.352. The van der Waals surface area contributed by atoms with Crippen LogP contribution in [0, 0.1) is 0 Å². The highest BCUT2D eigenvalue weighted by Gasteiger charge is 2.30. The number of rotatable bonds is 8. The van der Waals surface area contributed by atoms with Crippen LogP contribution in [-0.4, -0.2) is 36.9 Å². The zero-order valence-electron chi connectivity index (χ0n) is 16.3. The second-order valence-electron chi connectivity index (χ2n) is 6.32. The van der Waals surface area contributed by atoms with Gasteiger partial charge in [-0.05, 0) is 43.7 Å². The molecular formula is C19H25NO6S. The van der Waals surface area contributed by atoms with E-state index in [2.05, 4.69) is 4.72 Å². The Morgan fingerprint density at radius 1 is 0.778 bits per heavy atom. The predicted octanol–water partition coefficient (Wildman–Crippen LogP) is 2.93. The fourth-order valence-electron chi connectivity index (χ4n) is 2.67. The molecule has 0 amide bonds. The van der Waals surface area contributed by atoms with E-state index in [1.54, 1.807) is 45.2 Å². The van der Waals surface area contributed by atoms with Crippen LogP contribution in [0.25, 0.3) is 0 Å². The molecule has 0 aliphatic rings. The molecule has 7 nitrogen and oxygen atoms in total. The molecule has 0 spiro atoms. The average molecular weight is 395 g/mol. The third-order valence-electron chi connectivity index (χ3n) is 4.16. The van der Waals surface area contributed by atoms with Gasteiger partial charge in [0.15, 0.2) is 11.5 Å². The molecule has 0 aliphatic heterocycles. The van der Waals surface area contributed by atoms with Gasteiger partial charge >= 0.3 is 0 Å². The van der Waals surface area contributed by atoms with E-state index in [1.807, 2.05) is 0 Å². The summed E-state index contributed by atoms with van der Waals surface area (Å²) < 4.78 is 49.6. The van der Waals surface area contributed by atoms with Gasteiger partial charge in [-0.15, -0.1) is 0 Å². The van der Waals surface area contributed by atoms with Gasteiger partial charge in [0.05, 0.1) is 34.0 Å². The lowest BCUT2D eigenvalue weighted by atomic mass is 9.95. The second kappa shape index (κ2) is 8.06. The highest BCUT2D eigenvalue weighted by molar-refractivity contribution is 7.89. The quantitative estimate of drug-likeness (QED) is 0.740.